The van der Waals surface area contributed by atoms with E-state index >= 15 is 0 Å². The highest BCUT2D eigenvalue weighted by Crippen LogP contribution is 2.33. The van der Waals surface area contributed by atoms with E-state index in [9.17, 15) is 8.78 Å². The summed E-state index contributed by atoms with van der Waals surface area (Å²) in [7, 11) is 6.25. The smallest absolute Gasteiger partial charge is 0.387 e. The van der Waals surface area contributed by atoms with Gasteiger partial charge in [-0.2, -0.15) is 13.9 Å². The van der Waals surface area contributed by atoms with Crippen LogP contribution in [-0.2, 0) is 4.74 Å². The van der Waals surface area contributed by atoms with Gasteiger partial charge in [-0.1, -0.05) is 0 Å². The summed E-state index contributed by atoms with van der Waals surface area (Å²) in [6.07, 6.45) is 1.61. The molecule has 3 rings (SSSR count). The number of thiazole rings is 1. The van der Waals surface area contributed by atoms with Crippen molar-refractivity contribution in [3.63, 3.8) is 0 Å². The largest absolute Gasteiger partial charge is 0.496 e. The SMILES string of the molecule is COCCN=c1scc(-c2ccc(OC(F)F)cc2)n1N=Cc1c(OC)cc(OC)cc1OC. The third-order valence-corrected chi connectivity index (χ3v) is 5.51. The predicted octanol–water partition coefficient (Wildman–Crippen LogP) is 4.27. The van der Waals surface area contributed by atoms with Crippen LogP contribution in [-0.4, -0.2) is 59.1 Å². The fourth-order valence-electron chi connectivity index (χ4n) is 3.03. The van der Waals surface area contributed by atoms with Gasteiger partial charge in [0.25, 0.3) is 0 Å². The van der Waals surface area contributed by atoms with Gasteiger partial charge in [0.1, 0.15) is 23.0 Å². The maximum Gasteiger partial charge on any atom is 0.387 e. The molecule has 0 aliphatic heterocycles. The summed E-state index contributed by atoms with van der Waals surface area (Å²) < 4.78 is 52.5. The number of halogens is 2. The summed E-state index contributed by atoms with van der Waals surface area (Å²) in [4.78, 5) is 5.19. The van der Waals surface area contributed by atoms with Gasteiger partial charge in [0.05, 0.1) is 52.0 Å². The van der Waals surface area contributed by atoms with Crippen molar-refractivity contribution in [1.29, 1.82) is 0 Å². The van der Waals surface area contributed by atoms with E-state index in [1.807, 2.05) is 5.38 Å². The van der Waals surface area contributed by atoms with Crippen LogP contribution in [0.15, 0.2) is 51.9 Å². The fourth-order valence-corrected chi connectivity index (χ4v) is 3.90. The van der Waals surface area contributed by atoms with Crippen LogP contribution < -0.4 is 23.7 Å². The molecule has 182 valence electrons. The maximum atomic E-state index is 12.5. The van der Waals surface area contributed by atoms with Crippen LogP contribution in [0.2, 0.25) is 0 Å². The minimum atomic E-state index is -2.89. The Balaban J connectivity index is 2.07. The molecule has 0 saturated carbocycles. The normalized spacial score (nSPS) is 11.9. The Hall–Kier alpha value is -3.44. The van der Waals surface area contributed by atoms with Gasteiger partial charge in [-0.25, -0.2) is 4.68 Å². The number of benzene rings is 2. The summed E-state index contributed by atoms with van der Waals surface area (Å²) >= 11 is 1.39. The number of methoxy groups -OCH3 is 4. The number of rotatable bonds is 11. The topological polar surface area (TPSA) is 75.8 Å². The molecule has 0 unspecified atom stereocenters. The predicted molar refractivity (Wildman–Crippen MR) is 126 cm³/mol. The third kappa shape index (κ3) is 6.12. The molecule has 3 aromatic rings. The summed E-state index contributed by atoms with van der Waals surface area (Å²) in [6.45, 7) is -1.99. The van der Waals surface area contributed by atoms with Crippen LogP contribution in [0.1, 0.15) is 5.56 Å². The van der Waals surface area contributed by atoms with E-state index in [0.717, 1.165) is 5.56 Å². The lowest BCUT2D eigenvalue weighted by Crippen LogP contribution is -2.14. The number of aromatic nitrogens is 1. The first kappa shape index (κ1) is 25.2. The van der Waals surface area contributed by atoms with Gasteiger partial charge in [-0.05, 0) is 24.3 Å². The molecule has 0 atom stereocenters. The zero-order valence-corrected chi connectivity index (χ0v) is 20.0. The minimum Gasteiger partial charge on any atom is -0.496 e. The van der Waals surface area contributed by atoms with E-state index in [0.29, 0.717) is 46.5 Å². The van der Waals surface area contributed by atoms with Gasteiger partial charge in [0.2, 0.25) is 4.80 Å². The lowest BCUT2D eigenvalue weighted by molar-refractivity contribution is -0.0498. The molecule has 2 aromatic carbocycles. The molecule has 0 N–H and O–H groups in total. The van der Waals surface area contributed by atoms with Crippen molar-refractivity contribution in [3.05, 3.63) is 52.1 Å². The zero-order valence-electron chi connectivity index (χ0n) is 19.2. The molecule has 0 saturated heterocycles. The summed E-state index contributed by atoms with van der Waals surface area (Å²) in [6, 6.07) is 9.77. The third-order valence-electron chi connectivity index (χ3n) is 4.66. The number of nitrogens with zero attached hydrogens (tertiary/aromatic N) is 3. The molecule has 8 nitrogen and oxygen atoms in total. The Labute approximate surface area is 199 Å². The molecule has 11 heteroatoms. The molecular weight excluding hydrogens is 468 g/mol. The molecule has 0 bridgehead atoms. The molecule has 0 radical (unpaired) electrons. The molecule has 34 heavy (non-hydrogen) atoms. The molecule has 0 aliphatic carbocycles. The average molecular weight is 494 g/mol. The summed E-state index contributed by atoms with van der Waals surface area (Å²) in [5.41, 5.74) is 2.07. The number of hydrogen-bond acceptors (Lipinski definition) is 8. The van der Waals surface area contributed by atoms with Crippen LogP contribution in [0.5, 0.6) is 23.0 Å². The van der Waals surface area contributed by atoms with E-state index < -0.39 is 6.61 Å². The van der Waals surface area contributed by atoms with Gasteiger partial charge in [-0.3, -0.25) is 4.99 Å². The first-order valence-electron chi connectivity index (χ1n) is 10.1. The van der Waals surface area contributed by atoms with Gasteiger partial charge >= 0.3 is 6.61 Å². The van der Waals surface area contributed by atoms with E-state index in [2.05, 4.69) is 14.8 Å². The summed E-state index contributed by atoms with van der Waals surface area (Å²) in [5.74, 6) is 1.69. The lowest BCUT2D eigenvalue weighted by Gasteiger charge is -2.12. The van der Waals surface area contributed by atoms with E-state index in [-0.39, 0.29) is 5.75 Å². The Morgan fingerprint density at radius 3 is 2.21 bits per heavy atom. The molecule has 0 fully saturated rings. The van der Waals surface area contributed by atoms with Crippen molar-refractivity contribution in [2.75, 3.05) is 41.6 Å². The monoisotopic (exact) mass is 493 g/mol. The number of hydrogen-bond donors (Lipinski definition) is 0. The molecule has 0 amide bonds. The van der Waals surface area contributed by atoms with E-state index in [4.69, 9.17) is 18.9 Å². The fraction of sp³-hybridized carbons (Fsp3) is 0.304. The Bertz CT molecular complexity index is 1150. The molecule has 1 heterocycles. The van der Waals surface area contributed by atoms with Crippen LogP contribution in [0.4, 0.5) is 8.78 Å². The quantitative estimate of drug-likeness (QED) is 0.295. The second-order valence-corrected chi connectivity index (χ2v) is 7.52. The van der Waals surface area contributed by atoms with Crippen LogP contribution in [0.3, 0.4) is 0 Å². The average Bonchev–Trinajstić information content (AvgIpc) is 3.24. The van der Waals surface area contributed by atoms with Gasteiger partial charge in [-0.15, -0.1) is 11.3 Å². The van der Waals surface area contributed by atoms with Crippen molar-refractivity contribution in [2.45, 2.75) is 6.61 Å². The lowest BCUT2D eigenvalue weighted by atomic mass is 10.1. The van der Waals surface area contributed by atoms with Gasteiger partial charge in [0.15, 0.2) is 0 Å². The minimum absolute atomic E-state index is 0.0711. The molecule has 0 aliphatic rings. The Kier molecular flexibility index (Phi) is 9.00. The molecular formula is C23H25F2N3O5S. The number of ether oxygens (including phenoxy) is 5. The zero-order chi connectivity index (χ0) is 24.5. The van der Waals surface area contributed by atoms with E-state index in [1.54, 1.807) is 63.6 Å². The second-order valence-electron chi connectivity index (χ2n) is 6.68. The highest BCUT2D eigenvalue weighted by atomic mass is 32.1. The van der Waals surface area contributed by atoms with E-state index in [1.165, 1.54) is 23.5 Å². The highest BCUT2D eigenvalue weighted by Gasteiger charge is 2.13. The van der Waals surface area contributed by atoms with Gasteiger partial charge < -0.3 is 23.7 Å². The van der Waals surface area contributed by atoms with Crippen molar-refractivity contribution in [1.82, 2.24) is 4.68 Å². The van der Waals surface area contributed by atoms with Crippen LogP contribution in [0, 0.1) is 0 Å². The van der Waals surface area contributed by atoms with Crippen molar-refractivity contribution in [3.8, 4) is 34.3 Å². The highest BCUT2D eigenvalue weighted by molar-refractivity contribution is 7.07. The maximum absolute atomic E-state index is 12.5. The molecule has 0 spiro atoms. The standard InChI is InChI=1S/C23H25F2N3O5S/c1-29-10-9-26-23-28(19(14-34-23)15-5-7-16(8-6-15)33-22(24)25)27-13-18-20(31-3)11-17(30-2)12-21(18)32-4/h5-8,11-14,22H,9-10H2,1-4H3. The second kappa shape index (κ2) is 12.1. The molecule has 1 aromatic heterocycles. The first-order chi connectivity index (χ1) is 16.5. The van der Waals surface area contributed by atoms with Gasteiger partial charge in [0, 0.05) is 30.2 Å². The van der Waals surface area contributed by atoms with Crippen LogP contribution >= 0.6 is 11.3 Å². The number of alkyl halides is 2. The van der Waals surface area contributed by atoms with Crippen LogP contribution in [0.25, 0.3) is 11.3 Å². The Morgan fingerprint density at radius 2 is 1.65 bits per heavy atom. The first-order valence-corrected chi connectivity index (χ1v) is 11.0. The van der Waals surface area contributed by atoms with Crippen molar-refractivity contribution in [2.24, 2.45) is 10.1 Å². The summed E-state index contributed by atoms with van der Waals surface area (Å²) in [5, 5.41) is 6.53. The Morgan fingerprint density at radius 1 is 0.971 bits per heavy atom. The van der Waals surface area contributed by atoms with Crippen molar-refractivity contribution < 1.29 is 32.5 Å². The van der Waals surface area contributed by atoms with Crippen molar-refractivity contribution >= 4 is 17.6 Å².